The lowest BCUT2D eigenvalue weighted by atomic mass is 10.2. The smallest absolute Gasteiger partial charge is 0.242 e. The van der Waals surface area contributed by atoms with Gasteiger partial charge in [-0.3, -0.25) is 4.79 Å². The van der Waals surface area contributed by atoms with E-state index in [1.165, 1.54) is 0 Å². The fraction of sp³-hybridized carbons (Fsp3) is 0.462. The molecule has 2 rings (SSSR count). The van der Waals surface area contributed by atoms with E-state index in [9.17, 15) is 4.79 Å². The van der Waals surface area contributed by atoms with E-state index in [2.05, 4.69) is 26.6 Å². The Morgan fingerprint density at radius 3 is 3.10 bits per heavy atom. The Hall–Kier alpha value is -0.430. The first-order valence-electron chi connectivity index (χ1n) is 6.35. The van der Waals surface area contributed by atoms with E-state index in [4.69, 9.17) is 16.3 Å². The molecule has 1 aromatic carbocycles. The van der Waals surface area contributed by atoms with Crippen molar-refractivity contribution in [2.75, 3.05) is 30.0 Å². The van der Waals surface area contributed by atoms with E-state index < -0.39 is 0 Å². The summed E-state index contributed by atoms with van der Waals surface area (Å²) in [5, 5.41) is 6.64. The second kappa shape index (κ2) is 7.54. The van der Waals surface area contributed by atoms with Gasteiger partial charge >= 0.3 is 0 Å². The van der Waals surface area contributed by atoms with Crippen LogP contribution in [0.25, 0.3) is 0 Å². The number of halogens is 2. The van der Waals surface area contributed by atoms with Crippen molar-refractivity contribution in [3.63, 3.8) is 0 Å². The first kappa shape index (κ1) is 15.9. The van der Waals surface area contributed by atoms with Crippen LogP contribution in [0.3, 0.4) is 0 Å². The van der Waals surface area contributed by atoms with Crippen LogP contribution in [-0.2, 0) is 4.79 Å². The molecule has 7 heteroatoms. The van der Waals surface area contributed by atoms with Crippen LogP contribution in [0.2, 0.25) is 5.02 Å². The van der Waals surface area contributed by atoms with E-state index in [0.29, 0.717) is 23.1 Å². The Morgan fingerprint density at radius 2 is 2.45 bits per heavy atom. The molecule has 1 aliphatic heterocycles. The number of hydrogen-bond acceptors (Lipinski definition) is 4. The molecule has 20 heavy (non-hydrogen) atoms. The van der Waals surface area contributed by atoms with Crippen molar-refractivity contribution in [3.8, 4) is 5.75 Å². The molecule has 0 saturated carbocycles. The van der Waals surface area contributed by atoms with Crippen LogP contribution in [0.15, 0.2) is 16.6 Å². The molecule has 1 saturated heterocycles. The number of rotatable bonds is 4. The third-order valence-corrected chi connectivity index (χ3v) is 4.66. The predicted octanol–water partition coefficient (Wildman–Crippen LogP) is 3.14. The average molecular weight is 380 g/mol. The molecule has 0 radical (unpaired) electrons. The maximum atomic E-state index is 12.2. The fourth-order valence-electron chi connectivity index (χ4n) is 1.90. The lowest BCUT2D eigenvalue weighted by Crippen LogP contribution is -2.46. The highest BCUT2D eigenvalue weighted by Gasteiger charge is 2.22. The second-order valence-electron chi connectivity index (χ2n) is 4.27. The van der Waals surface area contributed by atoms with Crippen LogP contribution in [0.4, 0.5) is 5.69 Å². The summed E-state index contributed by atoms with van der Waals surface area (Å²) in [6.07, 6.45) is 0. The Kier molecular flexibility index (Phi) is 6.01. The molecule has 110 valence electrons. The number of hydrogen-bond donors (Lipinski definition) is 2. The van der Waals surface area contributed by atoms with Gasteiger partial charge in [-0.15, -0.1) is 0 Å². The SMILES string of the molecule is CCOc1c(Br)cc(Cl)cc1NC(=O)C1CSCCN1. The first-order chi connectivity index (χ1) is 9.61. The van der Waals surface area contributed by atoms with Crippen molar-refractivity contribution < 1.29 is 9.53 Å². The van der Waals surface area contributed by atoms with Crippen LogP contribution in [0.1, 0.15) is 6.92 Å². The van der Waals surface area contributed by atoms with Gasteiger partial charge in [0.05, 0.1) is 22.8 Å². The Morgan fingerprint density at radius 1 is 1.65 bits per heavy atom. The molecule has 1 aromatic rings. The minimum absolute atomic E-state index is 0.0627. The zero-order valence-electron chi connectivity index (χ0n) is 11.0. The lowest BCUT2D eigenvalue weighted by Gasteiger charge is -2.23. The van der Waals surface area contributed by atoms with E-state index in [1.54, 1.807) is 23.9 Å². The zero-order valence-corrected chi connectivity index (χ0v) is 14.2. The zero-order chi connectivity index (χ0) is 14.5. The van der Waals surface area contributed by atoms with Gasteiger partial charge < -0.3 is 15.4 Å². The Bertz CT molecular complexity index is 496. The molecule has 0 bridgehead atoms. The van der Waals surface area contributed by atoms with E-state index in [1.807, 2.05) is 6.92 Å². The fourth-order valence-corrected chi connectivity index (χ4v) is 3.76. The molecule has 1 atom stereocenters. The number of anilines is 1. The molecule has 1 fully saturated rings. The lowest BCUT2D eigenvalue weighted by molar-refractivity contribution is -0.117. The van der Waals surface area contributed by atoms with Crippen LogP contribution in [-0.4, -0.2) is 36.6 Å². The van der Waals surface area contributed by atoms with Crippen molar-refractivity contribution in [2.24, 2.45) is 0 Å². The normalized spacial score (nSPS) is 18.6. The maximum absolute atomic E-state index is 12.2. The molecule has 2 N–H and O–H groups in total. The highest BCUT2D eigenvalue weighted by molar-refractivity contribution is 9.10. The highest BCUT2D eigenvalue weighted by Crippen LogP contribution is 2.36. The minimum atomic E-state index is -0.180. The quantitative estimate of drug-likeness (QED) is 0.844. The molecule has 0 aliphatic carbocycles. The molecular weight excluding hydrogens is 364 g/mol. The van der Waals surface area contributed by atoms with Crippen molar-refractivity contribution >= 4 is 50.9 Å². The number of amides is 1. The van der Waals surface area contributed by atoms with Crippen molar-refractivity contribution in [1.29, 1.82) is 0 Å². The summed E-state index contributed by atoms with van der Waals surface area (Å²) in [7, 11) is 0. The van der Waals surface area contributed by atoms with Crippen molar-refractivity contribution in [2.45, 2.75) is 13.0 Å². The van der Waals surface area contributed by atoms with Crippen molar-refractivity contribution in [3.05, 3.63) is 21.6 Å². The highest BCUT2D eigenvalue weighted by atomic mass is 79.9. The molecule has 0 spiro atoms. The summed E-state index contributed by atoms with van der Waals surface area (Å²) in [6.45, 7) is 3.26. The minimum Gasteiger partial charge on any atom is -0.491 e. The van der Waals surface area contributed by atoms with Gasteiger partial charge in [0.2, 0.25) is 5.91 Å². The summed E-state index contributed by atoms with van der Waals surface area (Å²) in [5.41, 5.74) is 0.591. The van der Waals surface area contributed by atoms with Crippen LogP contribution in [0.5, 0.6) is 5.75 Å². The van der Waals surface area contributed by atoms with E-state index >= 15 is 0 Å². The summed E-state index contributed by atoms with van der Waals surface area (Å²) in [5.74, 6) is 2.36. The number of nitrogens with one attached hydrogen (secondary N) is 2. The standard InChI is InChI=1S/C13H16BrClN2O2S/c1-2-19-12-9(14)5-8(15)6-10(12)17-13(18)11-7-20-4-3-16-11/h5-6,11,16H,2-4,7H2,1H3,(H,17,18). The monoisotopic (exact) mass is 378 g/mol. The molecule has 4 nitrogen and oxygen atoms in total. The van der Waals surface area contributed by atoms with Crippen LogP contribution >= 0.6 is 39.3 Å². The van der Waals surface area contributed by atoms with Crippen LogP contribution in [0, 0.1) is 0 Å². The van der Waals surface area contributed by atoms with Gasteiger partial charge in [-0.1, -0.05) is 11.6 Å². The summed E-state index contributed by atoms with van der Waals surface area (Å²) >= 11 is 11.2. The number of carbonyl (C=O) groups is 1. The third kappa shape index (κ3) is 4.04. The summed E-state index contributed by atoms with van der Waals surface area (Å²) in [4.78, 5) is 12.2. The van der Waals surface area contributed by atoms with Crippen LogP contribution < -0.4 is 15.4 Å². The topological polar surface area (TPSA) is 50.4 Å². The van der Waals surface area contributed by atoms with Gasteiger partial charge in [0.15, 0.2) is 5.75 Å². The Balaban J connectivity index is 2.16. The molecule has 1 heterocycles. The summed E-state index contributed by atoms with van der Waals surface area (Å²) < 4.78 is 6.29. The first-order valence-corrected chi connectivity index (χ1v) is 8.68. The molecule has 0 aromatic heterocycles. The van der Waals surface area contributed by atoms with Gasteiger partial charge in [0.25, 0.3) is 0 Å². The molecule has 1 unspecified atom stereocenters. The predicted molar refractivity (Wildman–Crippen MR) is 88.1 cm³/mol. The second-order valence-corrected chi connectivity index (χ2v) is 6.71. The Labute approximate surface area is 136 Å². The van der Waals surface area contributed by atoms with E-state index in [-0.39, 0.29) is 11.9 Å². The number of carbonyl (C=O) groups excluding carboxylic acids is 1. The van der Waals surface area contributed by atoms with Gasteiger partial charge in [-0.25, -0.2) is 0 Å². The van der Waals surface area contributed by atoms with Gasteiger partial charge in [0, 0.05) is 23.1 Å². The number of thioether (sulfide) groups is 1. The largest absolute Gasteiger partial charge is 0.491 e. The maximum Gasteiger partial charge on any atom is 0.242 e. The number of benzene rings is 1. The third-order valence-electron chi connectivity index (χ3n) is 2.79. The number of ether oxygens (including phenoxy) is 1. The molecular formula is C13H16BrClN2O2S. The average Bonchev–Trinajstić information content (AvgIpc) is 2.43. The van der Waals surface area contributed by atoms with Gasteiger partial charge in [-0.05, 0) is 35.0 Å². The molecule has 1 aliphatic rings. The van der Waals surface area contributed by atoms with Gasteiger partial charge in [0.1, 0.15) is 0 Å². The van der Waals surface area contributed by atoms with Gasteiger partial charge in [-0.2, -0.15) is 11.8 Å². The summed E-state index contributed by atoms with van der Waals surface area (Å²) in [6, 6.07) is 3.27. The van der Waals surface area contributed by atoms with E-state index in [0.717, 1.165) is 22.5 Å². The molecule has 1 amide bonds. The van der Waals surface area contributed by atoms with Crippen molar-refractivity contribution in [1.82, 2.24) is 5.32 Å².